The van der Waals surface area contributed by atoms with Crippen LogP contribution in [0.25, 0.3) is 0 Å². The van der Waals surface area contributed by atoms with Crippen LogP contribution in [0.3, 0.4) is 0 Å². The number of hydrogen-bond acceptors (Lipinski definition) is 3. The highest BCUT2D eigenvalue weighted by Gasteiger charge is 2.40. The average molecular weight is 335 g/mol. The normalized spacial score (nSPS) is 20.2. The maximum atomic E-state index is 5.62. The number of hydrogen-bond donors (Lipinski definition) is 2. The molecule has 5 nitrogen and oxygen atoms in total. The Morgan fingerprint density at radius 1 is 1.08 bits per heavy atom. The second-order valence-electron chi connectivity index (χ2n) is 5.74. The van der Waals surface area contributed by atoms with E-state index in [0.717, 1.165) is 22.1 Å². The van der Waals surface area contributed by atoms with Gasteiger partial charge in [-0.2, -0.15) is 0 Å². The van der Waals surface area contributed by atoms with Gasteiger partial charge in [0, 0.05) is 37.0 Å². The summed E-state index contributed by atoms with van der Waals surface area (Å²) < 4.78 is 0. The summed E-state index contributed by atoms with van der Waals surface area (Å²) in [5.41, 5.74) is 3.22. The van der Waals surface area contributed by atoms with Gasteiger partial charge in [0.1, 0.15) is 0 Å². The molecule has 24 heavy (non-hydrogen) atoms. The quantitative estimate of drug-likeness (QED) is 0.718. The predicted octanol–water partition coefficient (Wildman–Crippen LogP) is 2.98. The molecule has 2 atom stereocenters. The standard InChI is InChI=1S/C18H17N5S/c24-18-22-16(14-6-1-2-9-20-14)17(15-7-4-10-21-15)23(18)12-13-5-3-8-19-11-13/h1-11,16-17,21H,12H2,(H,22,24)/t16-,17-/m1/s1. The molecule has 0 unspecified atom stereocenters. The summed E-state index contributed by atoms with van der Waals surface area (Å²) in [4.78, 5) is 14.3. The molecule has 120 valence electrons. The van der Waals surface area contributed by atoms with Crippen LogP contribution in [0, 0.1) is 0 Å². The van der Waals surface area contributed by atoms with Gasteiger partial charge < -0.3 is 15.2 Å². The molecule has 0 radical (unpaired) electrons. The van der Waals surface area contributed by atoms with Crippen molar-refractivity contribution in [2.24, 2.45) is 0 Å². The van der Waals surface area contributed by atoms with E-state index < -0.39 is 0 Å². The highest BCUT2D eigenvalue weighted by molar-refractivity contribution is 7.80. The van der Waals surface area contributed by atoms with Crippen LogP contribution >= 0.6 is 12.2 Å². The number of pyridine rings is 2. The maximum absolute atomic E-state index is 5.62. The zero-order valence-electron chi connectivity index (χ0n) is 13.0. The Labute approximate surface area is 145 Å². The first-order valence-corrected chi connectivity index (χ1v) is 8.24. The smallest absolute Gasteiger partial charge is 0.170 e. The Balaban J connectivity index is 1.71. The fourth-order valence-electron chi connectivity index (χ4n) is 3.13. The molecule has 0 amide bonds. The van der Waals surface area contributed by atoms with Crippen molar-refractivity contribution in [2.45, 2.75) is 18.6 Å². The number of aromatic amines is 1. The second kappa shape index (κ2) is 6.41. The third-order valence-electron chi connectivity index (χ3n) is 4.21. The van der Waals surface area contributed by atoms with Crippen molar-refractivity contribution in [3.05, 3.63) is 84.2 Å². The summed E-state index contributed by atoms with van der Waals surface area (Å²) >= 11 is 5.62. The average Bonchev–Trinajstić information content (AvgIpc) is 3.25. The van der Waals surface area contributed by atoms with Crippen LogP contribution in [-0.2, 0) is 6.54 Å². The lowest BCUT2D eigenvalue weighted by Gasteiger charge is -2.26. The van der Waals surface area contributed by atoms with Crippen molar-refractivity contribution >= 4 is 17.3 Å². The first-order chi connectivity index (χ1) is 11.8. The van der Waals surface area contributed by atoms with E-state index >= 15 is 0 Å². The zero-order chi connectivity index (χ0) is 16.4. The molecule has 1 fully saturated rings. The molecule has 0 saturated carbocycles. The molecular formula is C18H17N5S. The van der Waals surface area contributed by atoms with Crippen molar-refractivity contribution < 1.29 is 0 Å². The van der Waals surface area contributed by atoms with E-state index in [-0.39, 0.29) is 12.1 Å². The van der Waals surface area contributed by atoms with Crippen molar-refractivity contribution in [1.82, 2.24) is 25.2 Å². The molecule has 0 bridgehead atoms. The number of rotatable bonds is 4. The van der Waals surface area contributed by atoms with E-state index in [4.69, 9.17) is 12.2 Å². The predicted molar refractivity (Wildman–Crippen MR) is 96.0 cm³/mol. The van der Waals surface area contributed by atoms with E-state index in [9.17, 15) is 0 Å². The van der Waals surface area contributed by atoms with Crippen LogP contribution in [0.5, 0.6) is 0 Å². The number of thiocarbonyl (C=S) groups is 1. The Hall–Kier alpha value is -2.73. The second-order valence-corrected chi connectivity index (χ2v) is 6.13. The van der Waals surface area contributed by atoms with E-state index in [1.54, 1.807) is 6.20 Å². The van der Waals surface area contributed by atoms with E-state index in [2.05, 4.69) is 37.3 Å². The molecule has 2 N–H and O–H groups in total. The van der Waals surface area contributed by atoms with Gasteiger partial charge in [-0.25, -0.2) is 0 Å². The highest BCUT2D eigenvalue weighted by atomic mass is 32.1. The van der Waals surface area contributed by atoms with Gasteiger partial charge in [0.25, 0.3) is 0 Å². The molecule has 1 aliphatic heterocycles. The first kappa shape index (κ1) is 14.8. The van der Waals surface area contributed by atoms with Crippen LogP contribution in [0.1, 0.15) is 29.0 Å². The van der Waals surface area contributed by atoms with Gasteiger partial charge >= 0.3 is 0 Å². The summed E-state index contributed by atoms with van der Waals surface area (Å²) in [6, 6.07) is 14.1. The molecule has 6 heteroatoms. The molecule has 3 aromatic rings. The molecule has 4 heterocycles. The Kier molecular flexibility index (Phi) is 3.96. The Morgan fingerprint density at radius 2 is 2.04 bits per heavy atom. The zero-order valence-corrected chi connectivity index (χ0v) is 13.8. The minimum atomic E-state index is 0.00835. The van der Waals surface area contributed by atoms with Crippen LogP contribution in [0.4, 0.5) is 0 Å². The summed E-state index contributed by atoms with van der Waals surface area (Å²) in [7, 11) is 0. The summed E-state index contributed by atoms with van der Waals surface area (Å²) in [5.74, 6) is 0. The number of H-pyrrole nitrogens is 1. The van der Waals surface area contributed by atoms with Gasteiger partial charge in [0.05, 0.1) is 17.8 Å². The van der Waals surface area contributed by atoms with Gasteiger partial charge in [-0.3, -0.25) is 9.97 Å². The van der Waals surface area contributed by atoms with E-state index in [1.807, 2.05) is 48.9 Å². The lowest BCUT2D eigenvalue weighted by atomic mass is 10.0. The van der Waals surface area contributed by atoms with E-state index in [1.165, 1.54) is 0 Å². The van der Waals surface area contributed by atoms with E-state index in [0.29, 0.717) is 6.54 Å². The molecular weight excluding hydrogens is 318 g/mol. The minimum Gasteiger partial charge on any atom is -0.363 e. The van der Waals surface area contributed by atoms with Gasteiger partial charge in [-0.15, -0.1) is 0 Å². The van der Waals surface area contributed by atoms with Crippen molar-refractivity contribution in [2.75, 3.05) is 0 Å². The van der Waals surface area contributed by atoms with Gasteiger partial charge in [-0.05, 0) is 48.1 Å². The number of aromatic nitrogens is 3. The Morgan fingerprint density at radius 3 is 2.75 bits per heavy atom. The third kappa shape index (κ3) is 2.76. The molecule has 1 saturated heterocycles. The lowest BCUT2D eigenvalue weighted by molar-refractivity contribution is 0.305. The van der Waals surface area contributed by atoms with Crippen molar-refractivity contribution in [3.8, 4) is 0 Å². The first-order valence-electron chi connectivity index (χ1n) is 7.83. The summed E-state index contributed by atoms with van der Waals surface area (Å²) in [6.45, 7) is 0.701. The summed E-state index contributed by atoms with van der Waals surface area (Å²) in [6.07, 6.45) is 7.41. The monoisotopic (exact) mass is 335 g/mol. The topological polar surface area (TPSA) is 56.8 Å². The van der Waals surface area contributed by atoms with Crippen LogP contribution in [0.15, 0.2) is 67.3 Å². The molecule has 0 aliphatic carbocycles. The van der Waals surface area contributed by atoms with Crippen LogP contribution in [0.2, 0.25) is 0 Å². The number of nitrogens with zero attached hydrogens (tertiary/aromatic N) is 3. The molecule has 0 spiro atoms. The lowest BCUT2D eigenvalue weighted by Crippen LogP contribution is -2.29. The molecule has 3 aromatic heterocycles. The fourth-order valence-corrected chi connectivity index (χ4v) is 3.44. The molecule has 4 rings (SSSR count). The third-order valence-corrected chi connectivity index (χ3v) is 4.57. The van der Waals surface area contributed by atoms with Gasteiger partial charge in [-0.1, -0.05) is 12.1 Å². The van der Waals surface area contributed by atoms with Crippen molar-refractivity contribution in [1.29, 1.82) is 0 Å². The van der Waals surface area contributed by atoms with Gasteiger partial charge in [0.2, 0.25) is 0 Å². The van der Waals surface area contributed by atoms with Crippen LogP contribution in [-0.4, -0.2) is 25.0 Å². The largest absolute Gasteiger partial charge is 0.363 e. The maximum Gasteiger partial charge on any atom is 0.170 e. The number of nitrogens with one attached hydrogen (secondary N) is 2. The Bertz CT molecular complexity index is 804. The molecule has 1 aliphatic rings. The highest BCUT2D eigenvalue weighted by Crippen LogP contribution is 2.38. The summed E-state index contributed by atoms with van der Waals surface area (Å²) in [5, 5.41) is 4.16. The minimum absolute atomic E-state index is 0.00835. The molecule has 0 aromatic carbocycles. The SMILES string of the molecule is S=C1N[C@H](c2ccccn2)[C@@H](c2ccc[nH]2)N1Cc1cccnc1. The van der Waals surface area contributed by atoms with Crippen molar-refractivity contribution in [3.63, 3.8) is 0 Å². The van der Waals surface area contributed by atoms with Gasteiger partial charge in [0.15, 0.2) is 5.11 Å². The fraction of sp³-hybridized carbons (Fsp3) is 0.167. The van der Waals surface area contributed by atoms with Crippen LogP contribution < -0.4 is 5.32 Å².